The maximum Gasteiger partial charge on any atom is 0.272 e. The number of hydrogen-bond donors (Lipinski definition) is 1. The van der Waals surface area contributed by atoms with Crippen molar-refractivity contribution in [3.8, 4) is 5.88 Å². The Labute approximate surface area is 129 Å². The molecule has 1 N–H and O–H groups in total. The summed E-state index contributed by atoms with van der Waals surface area (Å²) < 4.78 is 5.32. The van der Waals surface area contributed by atoms with Gasteiger partial charge in [-0.15, -0.1) is 0 Å². The molecule has 5 nitrogen and oxygen atoms in total. The molecule has 3 rings (SSSR count). The zero-order chi connectivity index (χ0) is 15.7. The van der Waals surface area contributed by atoms with Gasteiger partial charge in [0, 0.05) is 24.4 Å². The molecule has 22 heavy (non-hydrogen) atoms. The van der Waals surface area contributed by atoms with Gasteiger partial charge in [0.1, 0.15) is 5.69 Å². The van der Waals surface area contributed by atoms with E-state index in [2.05, 4.69) is 4.98 Å². The topological polar surface area (TPSA) is 62.7 Å². The predicted octanol–water partition coefficient (Wildman–Crippen LogP) is 2.09. The van der Waals surface area contributed by atoms with E-state index >= 15 is 0 Å². The summed E-state index contributed by atoms with van der Waals surface area (Å²) in [6.45, 7) is 3.01. The number of carbonyl (C=O) groups is 1. The van der Waals surface area contributed by atoms with Gasteiger partial charge in [0.2, 0.25) is 5.88 Å². The summed E-state index contributed by atoms with van der Waals surface area (Å²) in [5.74, 6) is 0.506. The highest BCUT2D eigenvalue weighted by molar-refractivity contribution is 5.98. The van der Waals surface area contributed by atoms with Crippen LogP contribution in [0.15, 0.2) is 30.3 Å². The van der Waals surface area contributed by atoms with Gasteiger partial charge in [-0.2, -0.15) is 0 Å². The van der Waals surface area contributed by atoms with Crippen molar-refractivity contribution in [3.05, 3.63) is 36.0 Å². The van der Waals surface area contributed by atoms with Gasteiger partial charge in [0.05, 0.1) is 13.2 Å². The number of rotatable bonds is 3. The van der Waals surface area contributed by atoms with Gasteiger partial charge in [-0.05, 0) is 30.9 Å². The number of methoxy groups -OCH3 is 1. The molecule has 0 saturated carbocycles. The van der Waals surface area contributed by atoms with Crippen molar-refractivity contribution in [2.24, 2.45) is 5.92 Å². The lowest BCUT2D eigenvalue weighted by molar-refractivity contribution is 0.0756. The SMILES string of the molecule is COc1nc(C(=O)N2CCC(C(C)O)C2)cc2ccccc12. The highest BCUT2D eigenvalue weighted by Gasteiger charge is 2.30. The van der Waals surface area contributed by atoms with Crippen LogP contribution in [0.4, 0.5) is 0 Å². The summed E-state index contributed by atoms with van der Waals surface area (Å²) in [6, 6.07) is 9.51. The zero-order valence-corrected chi connectivity index (χ0v) is 12.8. The number of aliphatic hydroxyl groups excluding tert-OH is 1. The van der Waals surface area contributed by atoms with Crippen LogP contribution in [0.25, 0.3) is 10.8 Å². The van der Waals surface area contributed by atoms with Crippen LogP contribution in [0.1, 0.15) is 23.8 Å². The molecule has 1 fully saturated rings. The van der Waals surface area contributed by atoms with Crippen LogP contribution < -0.4 is 4.74 Å². The molecule has 1 saturated heterocycles. The number of pyridine rings is 1. The first kappa shape index (κ1) is 14.8. The van der Waals surface area contributed by atoms with Crippen LogP contribution >= 0.6 is 0 Å². The Bertz CT molecular complexity index is 699. The number of fused-ring (bicyclic) bond motifs is 1. The molecule has 1 aromatic carbocycles. The molecule has 2 atom stereocenters. The van der Waals surface area contributed by atoms with Gasteiger partial charge in [-0.1, -0.05) is 18.2 Å². The Kier molecular flexibility index (Phi) is 3.98. The molecule has 1 amide bonds. The smallest absolute Gasteiger partial charge is 0.272 e. The fourth-order valence-electron chi connectivity index (χ4n) is 2.96. The van der Waals surface area contributed by atoms with Crippen LogP contribution in [0.2, 0.25) is 0 Å². The molecule has 0 spiro atoms. The Hall–Kier alpha value is -2.14. The minimum Gasteiger partial charge on any atom is -0.481 e. The lowest BCUT2D eigenvalue weighted by Gasteiger charge is -2.18. The van der Waals surface area contributed by atoms with E-state index in [-0.39, 0.29) is 11.8 Å². The molecule has 2 aromatic rings. The normalized spacial score (nSPS) is 19.4. The number of hydrogen-bond acceptors (Lipinski definition) is 4. The summed E-state index contributed by atoms with van der Waals surface area (Å²) >= 11 is 0. The Balaban J connectivity index is 1.91. The number of nitrogens with zero attached hydrogens (tertiary/aromatic N) is 2. The van der Waals surface area contributed by atoms with Gasteiger partial charge in [0.25, 0.3) is 5.91 Å². The predicted molar refractivity (Wildman–Crippen MR) is 84.0 cm³/mol. The van der Waals surface area contributed by atoms with Crippen molar-refractivity contribution >= 4 is 16.7 Å². The third-order valence-corrected chi connectivity index (χ3v) is 4.31. The lowest BCUT2D eigenvalue weighted by atomic mass is 10.0. The second-order valence-corrected chi connectivity index (χ2v) is 5.78. The van der Waals surface area contributed by atoms with E-state index in [0.29, 0.717) is 24.7 Å². The van der Waals surface area contributed by atoms with Crippen LogP contribution in [-0.4, -0.2) is 47.2 Å². The molecule has 1 aromatic heterocycles. The fraction of sp³-hybridized carbons (Fsp3) is 0.412. The minimum atomic E-state index is -0.392. The van der Waals surface area contributed by atoms with Crippen molar-refractivity contribution in [2.45, 2.75) is 19.4 Å². The van der Waals surface area contributed by atoms with Crippen LogP contribution in [0, 0.1) is 5.92 Å². The number of aliphatic hydroxyl groups is 1. The number of likely N-dealkylation sites (tertiary alicyclic amines) is 1. The van der Waals surface area contributed by atoms with Gasteiger partial charge < -0.3 is 14.7 Å². The van der Waals surface area contributed by atoms with E-state index in [0.717, 1.165) is 17.2 Å². The van der Waals surface area contributed by atoms with Gasteiger partial charge in [0.15, 0.2) is 0 Å². The first-order valence-electron chi connectivity index (χ1n) is 7.51. The average molecular weight is 300 g/mol. The monoisotopic (exact) mass is 300 g/mol. The number of carbonyl (C=O) groups excluding carboxylic acids is 1. The highest BCUT2D eigenvalue weighted by atomic mass is 16.5. The first-order chi connectivity index (χ1) is 10.6. The summed E-state index contributed by atoms with van der Waals surface area (Å²) in [7, 11) is 1.56. The Morgan fingerprint density at radius 1 is 1.45 bits per heavy atom. The summed E-state index contributed by atoms with van der Waals surface area (Å²) in [5, 5.41) is 11.5. The van der Waals surface area contributed by atoms with Crippen molar-refractivity contribution in [1.82, 2.24) is 9.88 Å². The lowest BCUT2D eigenvalue weighted by Crippen LogP contribution is -2.31. The number of benzene rings is 1. The second-order valence-electron chi connectivity index (χ2n) is 5.78. The third-order valence-electron chi connectivity index (χ3n) is 4.31. The first-order valence-corrected chi connectivity index (χ1v) is 7.51. The molecule has 0 aliphatic carbocycles. The molecule has 0 bridgehead atoms. The quantitative estimate of drug-likeness (QED) is 0.943. The van der Waals surface area contributed by atoms with E-state index in [9.17, 15) is 9.90 Å². The second kappa shape index (κ2) is 5.93. The number of aromatic nitrogens is 1. The molecule has 2 unspecified atom stereocenters. The average Bonchev–Trinajstić information content (AvgIpc) is 3.03. The maximum atomic E-state index is 12.7. The molecular formula is C17H20N2O3. The minimum absolute atomic E-state index is 0.104. The van der Waals surface area contributed by atoms with Gasteiger partial charge in [-0.3, -0.25) is 4.79 Å². The summed E-state index contributed by atoms with van der Waals surface area (Å²) in [4.78, 5) is 18.8. The standard InChI is InChI=1S/C17H20N2O3/c1-11(20)13-7-8-19(10-13)17(21)15-9-12-5-3-4-6-14(12)16(18-15)22-2/h3-6,9,11,13,20H,7-8,10H2,1-2H3. The zero-order valence-electron chi connectivity index (χ0n) is 12.8. The number of ether oxygens (including phenoxy) is 1. The maximum absolute atomic E-state index is 12.7. The van der Waals surface area contributed by atoms with Crippen LogP contribution in [0.3, 0.4) is 0 Å². The van der Waals surface area contributed by atoms with E-state index in [1.54, 1.807) is 25.0 Å². The molecule has 1 aliphatic rings. The van der Waals surface area contributed by atoms with E-state index in [1.807, 2.05) is 24.3 Å². The van der Waals surface area contributed by atoms with Crippen LogP contribution in [-0.2, 0) is 0 Å². The van der Waals surface area contributed by atoms with Crippen molar-refractivity contribution in [3.63, 3.8) is 0 Å². The van der Waals surface area contributed by atoms with Crippen molar-refractivity contribution < 1.29 is 14.6 Å². The highest BCUT2D eigenvalue weighted by Crippen LogP contribution is 2.26. The molecule has 0 radical (unpaired) electrons. The van der Waals surface area contributed by atoms with E-state index in [1.165, 1.54) is 0 Å². The molecule has 116 valence electrons. The largest absolute Gasteiger partial charge is 0.481 e. The molecular weight excluding hydrogens is 280 g/mol. The summed E-state index contributed by atoms with van der Waals surface area (Å²) in [6.07, 6.45) is 0.436. The number of amides is 1. The van der Waals surface area contributed by atoms with Crippen molar-refractivity contribution in [2.75, 3.05) is 20.2 Å². The molecule has 2 heterocycles. The molecule has 1 aliphatic heterocycles. The Morgan fingerprint density at radius 2 is 2.23 bits per heavy atom. The van der Waals surface area contributed by atoms with E-state index in [4.69, 9.17) is 4.74 Å². The third kappa shape index (κ3) is 2.64. The van der Waals surface area contributed by atoms with Crippen molar-refractivity contribution in [1.29, 1.82) is 0 Å². The van der Waals surface area contributed by atoms with Gasteiger partial charge >= 0.3 is 0 Å². The van der Waals surface area contributed by atoms with Crippen LogP contribution in [0.5, 0.6) is 5.88 Å². The fourth-order valence-corrected chi connectivity index (χ4v) is 2.96. The summed E-state index contributed by atoms with van der Waals surface area (Å²) in [5.41, 5.74) is 0.391. The van der Waals surface area contributed by atoms with Gasteiger partial charge in [-0.25, -0.2) is 4.98 Å². The van der Waals surface area contributed by atoms with E-state index < -0.39 is 6.10 Å². The Morgan fingerprint density at radius 3 is 2.91 bits per heavy atom. The molecule has 5 heteroatoms.